The Kier molecular flexibility index (Phi) is 4.80. The molecule has 0 saturated carbocycles. The summed E-state index contributed by atoms with van der Waals surface area (Å²) in [7, 11) is 0. The van der Waals surface area contributed by atoms with Crippen molar-refractivity contribution in [1.29, 1.82) is 0 Å². The van der Waals surface area contributed by atoms with Crippen LogP contribution in [0, 0.1) is 0 Å². The lowest BCUT2D eigenvalue weighted by Crippen LogP contribution is -2.55. The van der Waals surface area contributed by atoms with Crippen molar-refractivity contribution in [3.05, 3.63) is 63.4 Å². The van der Waals surface area contributed by atoms with Crippen LogP contribution in [-0.4, -0.2) is 20.9 Å². The van der Waals surface area contributed by atoms with E-state index in [0.29, 0.717) is 16.4 Å². The molecule has 3 aromatic rings. The molecule has 0 saturated heterocycles. The summed E-state index contributed by atoms with van der Waals surface area (Å²) in [4.78, 5) is 15.8. The van der Waals surface area contributed by atoms with Gasteiger partial charge in [-0.15, -0.1) is 0 Å². The number of rotatable bonds is 4. The van der Waals surface area contributed by atoms with Crippen LogP contribution in [0.5, 0.6) is 5.75 Å². The molecule has 1 aromatic heterocycles. The minimum atomic E-state index is -0.516. The summed E-state index contributed by atoms with van der Waals surface area (Å²) < 4.78 is 1.65. The third-order valence-electron chi connectivity index (χ3n) is 4.33. The molecular weight excluding hydrogens is 384 g/mol. The number of aromatic hydroxyl groups is 1. The zero-order valence-corrected chi connectivity index (χ0v) is 16.1. The molecule has 27 heavy (non-hydrogen) atoms. The van der Waals surface area contributed by atoms with E-state index >= 15 is 0 Å². The van der Waals surface area contributed by atoms with E-state index in [4.69, 9.17) is 11.6 Å². The number of aromatic amines is 1. The molecule has 0 bridgehead atoms. The topological polar surface area (TPSA) is 81.9 Å². The molecule has 0 amide bonds. The Bertz CT molecular complexity index is 1070. The average molecular weight is 402 g/mol. The maximum atomic E-state index is 12.9. The number of nitrogens with one attached hydrogen (secondary N) is 2. The number of para-hydroxylation sites is 1. The number of benzene rings is 2. The van der Waals surface area contributed by atoms with Crippen molar-refractivity contribution in [2.75, 3.05) is 11.1 Å². The van der Waals surface area contributed by atoms with Gasteiger partial charge in [-0.2, -0.15) is 0 Å². The average Bonchev–Trinajstić information content (AvgIpc) is 2.67. The summed E-state index contributed by atoms with van der Waals surface area (Å²) in [5.41, 5.74) is 2.46. The molecule has 1 aliphatic heterocycles. The minimum Gasteiger partial charge on any atom is -0.506 e. The van der Waals surface area contributed by atoms with Crippen molar-refractivity contribution >= 4 is 29.1 Å². The van der Waals surface area contributed by atoms with Crippen LogP contribution in [-0.2, 0) is 0 Å². The molecule has 6 nitrogen and oxygen atoms in total. The van der Waals surface area contributed by atoms with Gasteiger partial charge >= 0.3 is 11.3 Å². The summed E-state index contributed by atoms with van der Waals surface area (Å²) in [6.07, 6.45) is 0.455. The Morgan fingerprint density at radius 1 is 1.26 bits per heavy atom. The lowest BCUT2D eigenvalue weighted by atomic mass is 10.0. The molecule has 2 heterocycles. The molecule has 8 heteroatoms. The van der Waals surface area contributed by atoms with Crippen LogP contribution in [0.1, 0.15) is 25.1 Å². The van der Waals surface area contributed by atoms with E-state index in [1.54, 1.807) is 10.7 Å². The highest BCUT2D eigenvalue weighted by molar-refractivity contribution is 7.99. The predicted octanol–water partition coefficient (Wildman–Crippen LogP) is 3.56. The summed E-state index contributed by atoms with van der Waals surface area (Å²) in [5.74, 6) is 0.839. The van der Waals surface area contributed by atoms with Gasteiger partial charge in [-0.1, -0.05) is 48.5 Å². The molecule has 0 aliphatic carbocycles. The third kappa shape index (κ3) is 3.17. The van der Waals surface area contributed by atoms with E-state index in [-0.39, 0.29) is 16.3 Å². The first-order valence-corrected chi connectivity index (χ1v) is 9.98. The van der Waals surface area contributed by atoms with Gasteiger partial charge in [0.2, 0.25) is 5.16 Å². The minimum absolute atomic E-state index is 0.0117. The maximum absolute atomic E-state index is 12.9. The first-order chi connectivity index (χ1) is 13.1. The molecule has 2 aromatic carbocycles. The van der Waals surface area contributed by atoms with E-state index in [1.165, 1.54) is 17.8 Å². The third-order valence-corrected chi connectivity index (χ3v) is 5.81. The molecule has 0 spiro atoms. The first-order valence-electron chi connectivity index (χ1n) is 8.62. The van der Waals surface area contributed by atoms with Gasteiger partial charge in [-0.25, -0.2) is 0 Å². The van der Waals surface area contributed by atoms with Crippen molar-refractivity contribution in [2.45, 2.75) is 24.7 Å². The number of hydrogen-bond donors (Lipinski definition) is 3. The van der Waals surface area contributed by atoms with Crippen molar-refractivity contribution < 1.29 is 9.79 Å². The fourth-order valence-corrected chi connectivity index (χ4v) is 4.05. The van der Waals surface area contributed by atoms with Crippen LogP contribution in [0.2, 0.25) is 5.02 Å². The van der Waals surface area contributed by atoms with Gasteiger partial charge in [0.05, 0.1) is 21.8 Å². The number of thioether (sulfide) groups is 1. The van der Waals surface area contributed by atoms with Gasteiger partial charge in [-0.3, -0.25) is 9.78 Å². The van der Waals surface area contributed by atoms with E-state index in [9.17, 15) is 9.90 Å². The van der Waals surface area contributed by atoms with Gasteiger partial charge in [0.15, 0.2) is 0 Å². The predicted molar refractivity (Wildman–Crippen MR) is 106 cm³/mol. The Balaban J connectivity index is 1.95. The number of anilines is 1. The zero-order valence-electron chi connectivity index (χ0n) is 14.6. The number of halogens is 1. The maximum Gasteiger partial charge on any atom is 0.325 e. The Morgan fingerprint density at radius 2 is 2.07 bits per heavy atom. The lowest BCUT2D eigenvalue weighted by molar-refractivity contribution is -0.759. The monoisotopic (exact) mass is 401 g/mol. The highest BCUT2D eigenvalue weighted by atomic mass is 35.5. The van der Waals surface area contributed by atoms with Gasteiger partial charge < -0.3 is 10.4 Å². The van der Waals surface area contributed by atoms with E-state index < -0.39 is 6.17 Å². The van der Waals surface area contributed by atoms with Crippen molar-refractivity contribution in [3.8, 4) is 17.0 Å². The number of fused-ring (bicyclic) bond motifs is 3. The summed E-state index contributed by atoms with van der Waals surface area (Å²) in [6, 6.07) is 12.6. The highest BCUT2D eigenvalue weighted by Crippen LogP contribution is 2.36. The van der Waals surface area contributed by atoms with E-state index in [2.05, 4.69) is 22.3 Å². The van der Waals surface area contributed by atoms with Crippen LogP contribution >= 0.6 is 23.4 Å². The van der Waals surface area contributed by atoms with Crippen molar-refractivity contribution in [1.82, 2.24) is 10.1 Å². The Morgan fingerprint density at radius 3 is 2.89 bits per heavy atom. The fourth-order valence-electron chi connectivity index (χ4n) is 3.11. The van der Waals surface area contributed by atoms with Gasteiger partial charge in [0.1, 0.15) is 5.75 Å². The van der Waals surface area contributed by atoms with Crippen LogP contribution in [0.4, 0.5) is 5.69 Å². The van der Waals surface area contributed by atoms with Gasteiger partial charge in [-0.05, 0) is 35.4 Å². The second-order valence-electron chi connectivity index (χ2n) is 6.17. The molecule has 0 radical (unpaired) electrons. The second-order valence-corrected chi connectivity index (χ2v) is 7.64. The van der Waals surface area contributed by atoms with Crippen molar-refractivity contribution in [2.24, 2.45) is 0 Å². The van der Waals surface area contributed by atoms with Crippen LogP contribution in [0.3, 0.4) is 0 Å². The fraction of sp³-hybridized carbons (Fsp3) is 0.211. The normalized spacial score (nSPS) is 15.0. The number of H-pyrrole nitrogens is 1. The second kappa shape index (κ2) is 7.25. The molecule has 0 unspecified atom stereocenters. The van der Waals surface area contributed by atoms with Gasteiger partial charge in [0.25, 0.3) is 6.17 Å². The van der Waals surface area contributed by atoms with E-state index in [0.717, 1.165) is 23.4 Å². The van der Waals surface area contributed by atoms with Gasteiger partial charge in [0, 0.05) is 10.9 Å². The van der Waals surface area contributed by atoms with Crippen LogP contribution in [0.15, 0.2) is 52.4 Å². The lowest BCUT2D eigenvalue weighted by Gasteiger charge is -2.23. The summed E-state index contributed by atoms with van der Waals surface area (Å²) in [6.45, 7) is 2.07. The molecule has 4 rings (SSSR count). The molecule has 138 valence electrons. The number of phenolic OH excluding ortho intramolecular Hbond substituents is 1. The molecule has 0 fully saturated rings. The number of nitrogens with zero attached hydrogens (tertiary/aromatic N) is 2. The number of phenols is 1. The SMILES string of the molecule is CCCSc1n[n+]2c(c(=O)[nH]1)-c1ccccc1N[C@@H]2c1cccc(O)c1Cl. The molecule has 3 N–H and O–H groups in total. The first kappa shape index (κ1) is 17.9. The largest absolute Gasteiger partial charge is 0.506 e. The molecule has 1 atom stereocenters. The molecule has 1 aliphatic rings. The highest BCUT2D eigenvalue weighted by Gasteiger charge is 2.38. The summed E-state index contributed by atoms with van der Waals surface area (Å²) in [5, 5.41) is 18.9. The zero-order chi connectivity index (χ0) is 19.0. The standard InChI is InChI=1S/C19H17ClN4O2S/c1-2-10-27-19-22-18(26)16-11-6-3-4-8-13(11)21-17(24(16)23-19)12-7-5-9-14(25)15(12)20/h3-9,17H,2,10H2,1H3,(H2,22,23,25,26)/p+1/t17-/m0/s1. The quantitative estimate of drug-likeness (QED) is 0.460. The number of hydrogen-bond acceptors (Lipinski definition) is 5. The summed E-state index contributed by atoms with van der Waals surface area (Å²) >= 11 is 7.86. The Hall–Kier alpha value is -2.51. The van der Waals surface area contributed by atoms with Crippen molar-refractivity contribution in [3.63, 3.8) is 0 Å². The van der Waals surface area contributed by atoms with Crippen LogP contribution in [0.25, 0.3) is 11.3 Å². The van der Waals surface area contributed by atoms with Crippen LogP contribution < -0.4 is 15.6 Å². The Labute approximate surface area is 165 Å². The van der Waals surface area contributed by atoms with E-state index in [1.807, 2.05) is 30.3 Å². The smallest absolute Gasteiger partial charge is 0.325 e. The molecular formula is C19H18ClN4O2S+. The number of aromatic nitrogens is 3.